The highest BCUT2D eigenvalue weighted by Gasteiger charge is 2.33. The van der Waals surface area contributed by atoms with Crippen LogP contribution in [0.15, 0.2) is 0 Å². The highest BCUT2D eigenvalue weighted by molar-refractivity contribution is 5.85. The van der Waals surface area contributed by atoms with Crippen LogP contribution in [0.1, 0.15) is 41.5 Å². The molecule has 3 atom stereocenters. The van der Waals surface area contributed by atoms with Crippen LogP contribution in [0.2, 0.25) is 0 Å². The van der Waals surface area contributed by atoms with Crippen molar-refractivity contribution in [3.8, 4) is 0 Å². The highest BCUT2D eigenvalue weighted by atomic mass is 35.5. The normalized spacial score (nSPS) is 25.3. The maximum absolute atomic E-state index is 12.0. The number of hydrogen-bond donors (Lipinski definition) is 2. The summed E-state index contributed by atoms with van der Waals surface area (Å²) in [5, 5.41) is 2.98. The number of nitrogens with one attached hydrogen (secondary N) is 1. The minimum atomic E-state index is -0.437. The van der Waals surface area contributed by atoms with Crippen LogP contribution in [-0.4, -0.2) is 54.2 Å². The topological polar surface area (TPSA) is 67.6 Å². The van der Waals surface area contributed by atoms with E-state index in [9.17, 15) is 4.79 Å². The molecule has 1 heterocycles. The molecule has 21 heavy (non-hydrogen) atoms. The maximum atomic E-state index is 12.0. The van der Waals surface area contributed by atoms with Gasteiger partial charge in [-0.05, 0) is 33.6 Å². The molecule has 0 spiro atoms. The van der Waals surface area contributed by atoms with Gasteiger partial charge in [-0.1, -0.05) is 13.8 Å². The first kappa shape index (κ1) is 20.6. The van der Waals surface area contributed by atoms with E-state index in [4.69, 9.17) is 10.5 Å². The fourth-order valence-electron chi connectivity index (χ4n) is 2.51. The molecule has 0 aliphatic carbocycles. The molecule has 0 aromatic rings. The third-order valence-electron chi connectivity index (χ3n) is 3.99. The van der Waals surface area contributed by atoms with Crippen molar-refractivity contribution in [3.05, 3.63) is 0 Å². The predicted octanol–water partition coefficient (Wildman–Crippen LogP) is 1.40. The van der Waals surface area contributed by atoms with E-state index < -0.39 is 6.04 Å². The lowest BCUT2D eigenvalue weighted by molar-refractivity contribution is -0.125. The number of nitrogens with two attached hydrogens (primary N) is 1. The van der Waals surface area contributed by atoms with Crippen LogP contribution < -0.4 is 11.1 Å². The summed E-state index contributed by atoms with van der Waals surface area (Å²) in [5.74, 6) is 0.0870. The lowest BCUT2D eigenvalue weighted by Gasteiger charge is -2.45. The van der Waals surface area contributed by atoms with Crippen molar-refractivity contribution < 1.29 is 9.53 Å². The summed E-state index contributed by atoms with van der Waals surface area (Å²) in [5.41, 5.74) is 5.77. The van der Waals surface area contributed by atoms with Crippen LogP contribution in [0.3, 0.4) is 0 Å². The Morgan fingerprint density at radius 3 is 2.24 bits per heavy atom. The Kier molecular flexibility index (Phi) is 8.18. The molecule has 2 unspecified atom stereocenters. The minimum Gasteiger partial charge on any atom is -0.373 e. The molecule has 1 fully saturated rings. The van der Waals surface area contributed by atoms with Gasteiger partial charge in [0.25, 0.3) is 0 Å². The quantitative estimate of drug-likeness (QED) is 0.803. The number of carbonyl (C=O) groups excluding carboxylic acids is 1. The van der Waals surface area contributed by atoms with Gasteiger partial charge in [-0.3, -0.25) is 9.69 Å². The molecule has 6 heteroatoms. The molecule has 1 saturated heterocycles. The molecular weight excluding hydrogens is 290 g/mol. The standard InChI is InChI=1S/C15H31N3O2.ClH/c1-10(2)13(16)14(19)17-9-15(5,6)18-7-11(3)20-12(4)8-18;/h10-13H,7-9,16H2,1-6H3,(H,17,19);1H/t11?,12?,13-;/m0./s1. The lowest BCUT2D eigenvalue weighted by Crippen LogP contribution is -2.59. The Bertz CT molecular complexity index is 327. The summed E-state index contributed by atoms with van der Waals surface area (Å²) in [7, 11) is 0. The number of morpholine rings is 1. The second-order valence-electron chi connectivity index (χ2n) is 6.96. The Morgan fingerprint density at radius 2 is 1.81 bits per heavy atom. The summed E-state index contributed by atoms with van der Waals surface area (Å²) in [6, 6.07) is -0.437. The minimum absolute atomic E-state index is 0. The van der Waals surface area contributed by atoms with Gasteiger partial charge in [0.15, 0.2) is 0 Å². The second-order valence-corrected chi connectivity index (χ2v) is 6.96. The maximum Gasteiger partial charge on any atom is 0.237 e. The summed E-state index contributed by atoms with van der Waals surface area (Å²) in [6.07, 6.45) is 0.457. The number of hydrogen-bond acceptors (Lipinski definition) is 4. The zero-order chi connectivity index (χ0) is 15.5. The molecule has 0 aromatic heterocycles. The molecule has 0 saturated carbocycles. The van der Waals surface area contributed by atoms with Gasteiger partial charge in [0.05, 0.1) is 18.2 Å². The first-order valence-corrected chi connectivity index (χ1v) is 7.57. The van der Waals surface area contributed by atoms with E-state index in [2.05, 4.69) is 37.9 Å². The molecule has 1 aliphatic rings. The van der Waals surface area contributed by atoms with Crippen molar-refractivity contribution in [1.29, 1.82) is 0 Å². The second kappa shape index (κ2) is 8.32. The summed E-state index contributed by atoms with van der Waals surface area (Å²) < 4.78 is 5.76. The molecule has 5 nitrogen and oxygen atoms in total. The van der Waals surface area contributed by atoms with Gasteiger partial charge in [-0.15, -0.1) is 12.4 Å². The van der Waals surface area contributed by atoms with Crippen LogP contribution in [0, 0.1) is 5.92 Å². The Hall–Kier alpha value is -0.360. The number of nitrogens with zero attached hydrogens (tertiary/aromatic N) is 1. The number of amides is 1. The van der Waals surface area contributed by atoms with Crippen molar-refractivity contribution in [1.82, 2.24) is 10.2 Å². The van der Waals surface area contributed by atoms with E-state index in [0.717, 1.165) is 13.1 Å². The molecule has 1 rings (SSSR count). The smallest absolute Gasteiger partial charge is 0.237 e. The van der Waals surface area contributed by atoms with Crippen LogP contribution in [-0.2, 0) is 9.53 Å². The van der Waals surface area contributed by atoms with Gasteiger partial charge in [0, 0.05) is 25.2 Å². The largest absolute Gasteiger partial charge is 0.373 e. The van der Waals surface area contributed by atoms with E-state index in [1.54, 1.807) is 0 Å². The molecule has 126 valence electrons. The molecule has 1 aliphatic heterocycles. The molecule has 0 bridgehead atoms. The van der Waals surface area contributed by atoms with Crippen LogP contribution in [0.25, 0.3) is 0 Å². The van der Waals surface area contributed by atoms with Crippen LogP contribution >= 0.6 is 12.4 Å². The van der Waals surface area contributed by atoms with Gasteiger partial charge in [0.2, 0.25) is 5.91 Å². The van der Waals surface area contributed by atoms with Crippen molar-refractivity contribution in [2.75, 3.05) is 19.6 Å². The predicted molar refractivity (Wildman–Crippen MR) is 88.7 cm³/mol. The highest BCUT2D eigenvalue weighted by Crippen LogP contribution is 2.20. The van der Waals surface area contributed by atoms with E-state index in [1.165, 1.54) is 0 Å². The van der Waals surface area contributed by atoms with Crippen molar-refractivity contribution >= 4 is 18.3 Å². The van der Waals surface area contributed by atoms with Gasteiger partial charge in [-0.2, -0.15) is 0 Å². The van der Waals surface area contributed by atoms with E-state index in [0.29, 0.717) is 6.54 Å². The molecule has 0 radical (unpaired) electrons. The third-order valence-corrected chi connectivity index (χ3v) is 3.99. The van der Waals surface area contributed by atoms with Gasteiger partial charge >= 0.3 is 0 Å². The van der Waals surface area contributed by atoms with Crippen molar-refractivity contribution in [2.24, 2.45) is 11.7 Å². The first-order chi connectivity index (χ1) is 9.13. The number of rotatable bonds is 5. The third kappa shape index (κ3) is 6.10. The summed E-state index contributed by atoms with van der Waals surface area (Å²) in [6.45, 7) is 14.8. The first-order valence-electron chi connectivity index (χ1n) is 7.57. The van der Waals surface area contributed by atoms with Crippen LogP contribution in [0.5, 0.6) is 0 Å². The molecule has 1 amide bonds. The Balaban J connectivity index is 0.00000400. The van der Waals surface area contributed by atoms with Crippen LogP contribution in [0.4, 0.5) is 0 Å². The van der Waals surface area contributed by atoms with Gasteiger partial charge < -0.3 is 15.8 Å². The summed E-state index contributed by atoms with van der Waals surface area (Å²) in [4.78, 5) is 14.3. The monoisotopic (exact) mass is 321 g/mol. The number of ether oxygens (including phenoxy) is 1. The average Bonchev–Trinajstić information content (AvgIpc) is 2.33. The number of carbonyl (C=O) groups is 1. The van der Waals surface area contributed by atoms with E-state index in [-0.39, 0.29) is 42.0 Å². The summed E-state index contributed by atoms with van der Waals surface area (Å²) >= 11 is 0. The Labute approximate surface area is 135 Å². The molecular formula is C15H32ClN3O2. The van der Waals surface area contributed by atoms with Crippen molar-refractivity contribution in [2.45, 2.75) is 65.3 Å². The zero-order valence-electron chi connectivity index (χ0n) is 14.2. The fraction of sp³-hybridized carbons (Fsp3) is 0.933. The van der Waals surface area contributed by atoms with Gasteiger partial charge in [-0.25, -0.2) is 0 Å². The van der Waals surface area contributed by atoms with Gasteiger partial charge in [0.1, 0.15) is 0 Å². The fourth-order valence-corrected chi connectivity index (χ4v) is 2.51. The van der Waals surface area contributed by atoms with Crippen molar-refractivity contribution in [3.63, 3.8) is 0 Å². The Morgan fingerprint density at radius 1 is 1.33 bits per heavy atom. The zero-order valence-corrected chi connectivity index (χ0v) is 15.0. The average molecular weight is 322 g/mol. The van der Waals surface area contributed by atoms with E-state index in [1.807, 2.05) is 13.8 Å². The lowest BCUT2D eigenvalue weighted by atomic mass is 9.99. The molecule has 3 N–H and O–H groups in total. The molecule has 0 aromatic carbocycles. The van der Waals surface area contributed by atoms with E-state index >= 15 is 0 Å². The number of halogens is 1. The SMILES string of the molecule is CC1CN(C(C)(C)CNC(=O)[C@@H](N)C(C)C)CC(C)O1.Cl.